The third kappa shape index (κ3) is 2.39. The lowest BCUT2D eigenvalue weighted by Gasteiger charge is -2.29. The third-order valence-corrected chi connectivity index (χ3v) is 3.85. The summed E-state index contributed by atoms with van der Waals surface area (Å²) in [6.45, 7) is 0. The summed E-state index contributed by atoms with van der Waals surface area (Å²) in [6.07, 6.45) is 1.96. The molecule has 2 heterocycles. The second kappa shape index (κ2) is 5.69. The van der Waals surface area contributed by atoms with E-state index in [2.05, 4.69) is 15.3 Å². The number of hydrogen-bond donors (Lipinski definition) is 3. The normalized spacial score (nSPS) is 20.3. The van der Waals surface area contributed by atoms with E-state index in [9.17, 15) is 9.90 Å². The molecule has 22 heavy (non-hydrogen) atoms. The van der Waals surface area contributed by atoms with Crippen LogP contribution >= 0.6 is 0 Å². The Kier molecular flexibility index (Phi) is 3.72. The highest BCUT2D eigenvalue weighted by Crippen LogP contribution is 2.35. The maximum absolute atomic E-state index is 11.4. The van der Waals surface area contributed by atoms with E-state index in [1.807, 2.05) is 12.1 Å². The molecule has 116 valence electrons. The topological polar surface area (TPSA) is 96.5 Å². The molecule has 0 fully saturated rings. The average Bonchev–Trinajstić information content (AvgIpc) is 3.01. The molecule has 0 aliphatic carbocycles. The summed E-state index contributed by atoms with van der Waals surface area (Å²) in [7, 11) is 3.15. The molecule has 0 bridgehead atoms. The molecule has 0 spiro atoms. The number of aliphatic carboxylic acids is 1. The SMILES string of the molecule is COc1ccc(C2NC(C(=O)O)Cc3[nH]cnc32)c(OC)c1. The van der Waals surface area contributed by atoms with Crippen molar-refractivity contribution in [1.29, 1.82) is 0 Å². The Bertz CT molecular complexity index is 698. The maximum atomic E-state index is 11.4. The number of ether oxygens (including phenoxy) is 2. The molecule has 7 nitrogen and oxygen atoms in total. The lowest BCUT2D eigenvalue weighted by molar-refractivity contribution is -0.139. The lowest BCUT2D eigenvalue weighted by atomic mass is 9.93. The predicted octanol–water partition coefficient (Wildman–Crippen LogP) is 1.12. The van der Waals surface area contributed by atoms with Gasteiger partial charge in [-0.1, -0.05) is 0 Å². The molecular weight excluding hydrogens is 286 g/mol. The van der Waals surface area contributed by atoms with Gasteiger partial charge < -0.3 is 19.6 Å². The van der Waals surface area contributed by atoms with E-state index in [1.54, 1.807) is 26.6 Å². The van der Waals surface area contributed by atoms with Gasteiger partial charge in [0.2, 0.25) is 0 Å². The molecule has 2 atom stereocenters. The van der Waals surface area contributed by atoms with Crippen molar-refractivity contribution in [2.45, 2.75) is 18.5 Å². The van der Waals surface area contributed by atoms with Crippen LogP contribution in [0.4, 0.5) is 0 Å². The smallest absolute Gasteiger partial charge is 0.321 e. The van der Waals surface area contributed by atoms with Gasteiger partial charge in [-0.3, -0.25) is 10.1 Å². The maximum Gasteiger partial charge on any atom is 0.321 e. The van der Waals surface area contributed by atoms with Crippen molar-refractivity contribution in [2.75, 3.05) is 14.2 Å². The molecule has 1 aromatic heterocycles. The van der Waals surface area contributed by atoms with E-state index in [-0.39, 0.29) is 6.04 Å². The van der Waals surface area contributed by atoms with Gasteiger partial charge in [-0.2, -0.15) is 0 Å². The van der Waals surface area contributed by atoms with Crippen LogP contribution in [-0.2, 0) is 11.2 Å². The van der Waals surface area contributed by atoms with Crippen molar-refractivity contribution in [3.63, 3.8) is 0 Å². The summed E-state index contributed by atoms with van der Waals surface area (Å²) in [4.78, 5) is 18.7. The van der Waals surface area contributed by atoms with Crippen LogP contribution in [0.25, 0.3) is 0 Å². The molecule has 3 N–H and O–H groups in total. The molecule has 1 aliphatic heterocycles. The molecule has 0 amide bonds. The van der Waals surface area contributed by atoms with Crippen molar-refractivity contribution in [3.8, 4) is 11.5 Å². The fraction of sp³-hybridized carbons (Fsp3) is 0.333. The summed E-state index contributed by atoms with van der Waals surface area (Å²) in [6, 6.07) is 4.42. The first-order chi connectivity index (χ1) is 10.6. The van der Waals surface area contributed by atoms with Crippen molar-refractivity contribution in [1.82, 2.24) is 15.3 Å². The van der Waals surface area contributed by atoms with Gasteiger partial charge in [0.05, 0.1) is 32.3 Å². The highest BCUT2D eigenvalue weighted by molar-refractivity contribution is 5.74. The van der Waals surface area contributed by atoms with Crippen LogP contribution in [0.1, 0.15) is 23.0 Å². The van der Waals surface area contributed by atoms with Crippen molar-refractivity contribution >= 4 is 5.97 Å². The lowest BCUT2D eigenvalue weighted by Crippen LogP contribution is -2.45. The molecule has 0 saturated heterocycles. The van der Waals surface area contributed by atoms with Gasteiger partial charge in [0, 0.05) is 23.7 Å². The van der Waals surface area contributed by atoms with Gasteiger partial charge >= 0.3 is 5.97 Å². The molecule has 2 unspecified atom stereocenters. The van der Waals surface area contributed by atoms with Crippen LogP contribution in [0.15, 0.2) is 24.5 Å². The number of fused-ring (bicyclic) bond motifs is 1. The number of nitrogens with zero attached hydrogens (tertiary/aromatic N) is 1. The Morgan fingerprint density at radius 3 is 2.86 bits per heavy atom. The van der Waals surface area contributed by atoms with Gasteiger partial charge in [-0.25, -0.2) is 4.98 Å². The molecule has 0 radical (unpaired) electrons. The van der Waals surface area contributed by atoms with Crippen LogP contribution in [0, 0.1) is 0 Å². The first-order valence-electron chi connectivity index (χ1n) is 6.87. The quantitative estimate of drug-likeness (QED) is 0.783. The van der Waals surface area contributed by atoms with E-state index in [0.717, 1.165) is 17.0 Å². The first-order valence-corrected chi connectivity index (χ1v) is 6.87. The third-order valence-electron chi connectivity index (χ3n) is 3.85. The summed E-state index contributed by atoms with van der Waals surface area (Å²) in [5.41, 5.74) is 2.44. The highest BCUT2D eigenvalue weighted by atomic mass is 16.5. The number of carboxylic acid groups (broad SMARTS) is 1. The minimum absolute atomic E-state index is 0.350. The molecule has 1 aromatic carbocycles. The predicted molar refractivity (Wildman–Crippen MR) is 78.2 cm³/mol. The second-order valence-corrected chi connectivity index (χ2v) is 5.07. The summed E-state index contributed by atoms with van der Waals surface area (Å²) in [5, 5.41) is 12.4. The number of imidazole rings is 1. The van der Waals surface area contributed by atoms with Crippen LogP contribution in [0.2, 0.25) is 0 Å². The highest BCUT2D eigenvalue weighted by Gasteiger charge is 2.34. The van der Waals surface area contributed by atoms with Crippen molar-refractivity contribution < 1.29 is 19.4 Å². The number of carbonyl (C=O) groups is 1. The number of carboxylic acids is 1. The van der Waals surface area contributed by atoms with Crippen molar-refractivity contribution in [3.05, 3.63) is 41.5 Å². The largest absolute Gasteiger partial charge is 0.497 e. The van der Waals surface area contributed by atoms with E-state index >= 15 is 0 Å². The zero-order valence-electron chi connectivity index (χ0n) is 12.3. The molecular formula is C15H17N3O4. The average molecular weight is 303 g/mol. The van der Waals surface area contributed by atoms with Gasteiger partial charge in [0.1, 0.15) is 17.5 Å². The van der Waals surface area contributed by atoms with Crippen LogP contribution < -0.4 is 14.8 Å². The molecule has 2 aromatic rings. The zero-order chi connectivity index (χ0) is 15.7. The molecule has 1 aliphatic rings. The Labute approximate surface area is 127 Å². The Morgan fingerprint density at radius 1 is 1.36 bits per heavy atom. The number of aromatic amines is 1. The Balaban J connectivity index is 2.05. The fourth-order valence-corrected chi connectivity index (χ4v) is 2.74. The molecule has 3 rings (SSSR count). The van der Waals surface area contributed by atoms with Crippen molar-refractivity contribution in [2.24, 2.45) is 0 Å². The van der Waals surface area contributed by atoms with Crippen LogP contribution in [-0.4, -0.2) is 41.3 Å². The monoisotopic (exact) mass is 303 g/mol. The van der Waals surface area contributed by atoms with Crippen LogP contribution in [0.3, 0.4) is 0 Å². The minimum atomic E-state index is -0.891. The van der Waals surface area contributed by atoms with E-state index in [4.69, 9.17) is 9.47 Å². The number of benzene rings is 1. The Hall–Kier alpha value is -2.54. The van der Waals surface area contributed by atoms with E-state index < -0.39 is 12.0 Å². The second-order valence-electron chi connectivity index (χ2n) is 5.07. The molecule has 7 heteroatoms. The van der Waals surface area contributed by atoms with Gasteiger partial charge in [0.25, 0.3) is 0 Å². The number of nitrogens with one attached hydrogen (secondary N) is 2. The number of hydrogen-bond acceptors (Lipinski definition) is 5. The summed E-state index contributed by atoms with van der Waals surface area (Å²) in [5.74, 6) is 0.406. The number of H-pyrrole nitrogens is 1. The van der Waals surface area contributed by atoms with Gasteiger partial charge in [-0.15, -0.1) is 0 Å². The Morgan fingerprint density at radius 2 is 2.18 bits per heavy atom. The standard InChI is InChI=1S/C15H17N3O4/c1-21-8-3-4-9(12(5-8)22-2)13-14-10(16-7-17-14)6-11(18-13)15(19)20/h3-5,7,11,13,18H,6H2,1-2H3,(H,16,17)(H,19,20). The van der Waals surface area contributed by atoms with Gasteiger partial charge in [0.15, 0.2) is 0 Å². The number of rotatable bonds is 4. The zero-order valence-corrected chi connectivity index (χ0v) is 12.3. The van der Waals surface area contributed by atoms with E-state index in [1.165, 1.54) is 0 Å². The minimum Gasteiger partial charge on any atom is -0.497 e. The van der Waals surface area contributed by atoms with E-state index in [0.29, 0.717) is 17.9 Å². The summed E-state index contributed by atoms with van der Waals surface area (Å²) < 4.78 is 10.6. The number of aromatic nitrogens is 2. The number of methoxy groups -OCH3 is 2. The van der Waals surface area contributed by atoms with Crippen LogP contribution in [0.5, 0.6) is 11.5 Å². The first kappa shape index (κ1) is 14.4. The fourth-order valence-electron chi connectivity index (χ4n) is 2.74. The summed E-state index contributed by atoms with van der Waals surface area (Å²) >= 11 is 0. The molecule has 0 saturated carbocycles. The van der Waals surface area contributed by atoms with Gasteiger partial charge in [-0.05, 0) is 12.1 Å².